The number of benzene rings is 2. The fourth-order valence-corrected chi connectivity index (χ4v) is 4.81. The summed E-state index contributed by atoms with van der Waals surface area (Å²) in [5, 5.41) is 13.3. The molecule has 0 saturated heterocycles. The van der Waals surface area contributed by atoms with E-state index in [1.807, 2.05) is 13.8 Å². The molecule has 2 atom stereocenters. The van der Waals surface area contributed by atoms with Crippen LogP contribution < -0.4 is 26.8 Å². The van der Waals surface area contributed by atoms with Gasteiger partial charge >= 0.3 is 11.9 Å². The normalized spacial score (nSPS) is 13.4. The summed E-state index contributed by atoms with van der Waals surface area (Å²) in [6.07, 6.45) is 4.28. The number of methoxy groups -OCH3 is 1. The number of esters is 2. The highest BCUT2D eigenvalue weighted by atomic mass is 16.6. The van der Waals surface area contributed by atoms with Gasteiger partial charge in [-0.2, -0.15) is 0 Å². The van der Waals surface area contributed by atoms with Crippen LogP contribution in [0.3, 0.4) is 0 Å². The minimum Gasteiger partial charge on any atom is -0.496 e. The second-order valence-corrected chi connectivity index (χ2v) is 11.7. The molecule has 13 heteroatoms. The van der Waals surface area contributed by atoms with Crippen LogP contribution in [-0.4, -0.2) is 67.5 Å². The van der Waals surface area contributed by atoms with Crippen LogP contribution in [-0.2, 0) is 14.3 Å². The molecule has 0 radical (unpaired) electrons. The molecule has 258 valence electrons. The zero-order chi connectivity index (χ0) is 35.7. The van der Waals surface area contributed by atoms with Gasteiger partial charge in [0.25, 0.3) is 11.8 Å². The maximum absolute atomic E-state index is 13.8. The van der Waals surface area contributed by atoms with Crippen molar-refractivity contribution in [3.63, 3.8) is 0 Å². The number of carbonyl (C=O) groups excluding carboxylic acids is 4. The van der Waals surface area contributed by atoms with Crippen LogP contribution in [0.1, 0.15) is 75.6 Å². The molecule has 1 unspecified atom stereocenters. The number of hydrogen-bond donors (Lipinski definition) is 5. The molecule has 0 spiro atoms. The molecule has 1 aromatic heterocycles. The lowest BCUT2D eigenvalue weighted by Crippen LogP contribution is -2.38. The molecule has 1 aliphatic rings. The summed E-state index contributed by atoms with van der Waals surface area (Å²) in [5.74, 6) is -1.95. The average molecular weight is 671 g/mol. The van der Waals surface area contributed by atoms with Gasteiger partial charge in [-0.25, -0.2) is 9.78 Å². The third-order valence-electron chi connectivity index (χ3n) is 8.24. The second kappa shape index (κ2) is 16.5. The van der Waals surface area contributed by atoms with Gasteiger partial charge in [-0.3, -0.25) is 19.8 Å². The van der Waals surface area contributed by atoms with E-state index < -0.39 is 29.8 Å². The molecular weight excluding hydrogens is 628 g/mol. The van der Waals surface area contributed by atoms with Crippen LogP contribution >= 0.6 is 0 Å². The number of pyridine rings is 1. The lowest BCUT2D eigenvalue weighted by atomic mass is 9.94. The summed E-state index contributed by atoms with van der Waals surface area (Å²) < 4.78 is 16.2. The van der Waals surface area contributed by atoms with E-state index in [0.29, 0.717) is 41.4 Å². The summed E-state index contributed by atoms with van der Waals surface area (Å²) in [6, 6.07) is 11.7. The van der Waals surface area contributed by atoms with Gasteiger partial charge in [-0.1, -0.05) is 32.9 Å². The van der Waals surface area contributed by atoms with Crippen molar-refractivity contribution in [2.75, 3.05) is 32.2 Å². The zero-order valence-corrected chi connectivity index (χ0v) is 27.8. The first kappa shape index (κ1) is 36.3. The number of hydrogen-bond acceptors (Lipinski definition) is 10. The molecule has 1 heterocycles. The Labute approximate surface area is 284 Å². The molecule has 1 fully saturated rings. The number of carbonyl (C=O) groups is 4. The van der Waals surface area contributed by atoms with E-state index >= 15 is 0 Å². The summed E-state index contributed by atoms with van der Waals surface area (Å²) in [7, 11) is 1.46. The Kier molecular flexibility index (Phi) is 12.2. The first-order chi connectivity index (χ1) is 23.5. The Bertz CT molecular complexity index is 1740. The van der Waals surface area contributed by atoms with E-state index in [4.69, 9.17) is 31.1 Å². The van der Waals surface area contributed by atoms with Crippen LogP contribution in [0, 0.1) is 17.2 Å². The first-order valence-electron chi connectivity index (χ1n) is 16.0. The number of nitrogen functional groups attached to an aromatic ring is 1. The Hall–Kier alpha value is -5.56. The van der Waals surface area contributed by atoms with Crippen molar-refractivity contribution in [1.29, 1.82) is 5.41 Å². The molecule has 2 amide bonds. The maximum Gasteiger partial charge on any atom is 0.357 e. The van der Waals surface area contributed by atoms with E-state index in [0.717, 1.165) is 12.8 Å². The average Bonchev–Trinajstić information content (AvgIpc) is 3.95. The number of aromatic nitrogens is 1. The van der Waals surface area contributed by atoms with Gasteiger partial charge in [-0.15, -0.1) is 0 Å². The van der Waals surface area contributed by atoms with E-state index in [1.165, 1.54) is 25.3 Å². The minimum atomic E-state index is -0.910. The van der Waals surface area contributed by atoms with Crippen LogP contribution in [0.15, 0.2) is 55.1 Å². The van der Waals surface area contributed by atoms with E-state index in [-0.39, 0.29) is 53.0 Å². The van der Waals surface area contributed by atoms with Crippen molar-refractivity contribution in [3.05, 3.63) is 83.2 Å². The Morgan fingerprint density at radius 1 is 1.04 bits per heavy atom. The quantitative estimate of drug-likeness (QED) is 0.0636. The molecule has 49 heavy (non-hydrogen) atoms. The predicted molar refractivity (Wildman–Crippen MR) is 185 cm³/mol. The van der Waals surface area contributed by atoms with Crippen LogP contribution in [0.2, 0.25) is 0 Å². The number of nitrogens with one attached hydrogen (secondary N) is 3. The van der Waals surface area contributed by atoms with Crippen molar-refractivity contribution in [2.45, 2.75) is 39.2 Å². The lowest BCUT2D eigenvalue weighted by molar-refractivity contribution is -0.147. The summed E-state index contributed by atoms with van der Waals surface area (Å²) >= 11 is 0. The number of ether oxygens (including phenoxy) is 3. The minimum absolute atomic E-state index is 0.0199. The molecule has 1 saturated carbocycles. The van der Waals surface area contributed by atoms with Gasteiger partial charge in [0.05, 0.1) is 7.11 Å². The molecule has 2 aromatic carbocycles. The second-order valence-electron chi connectivity index (χ2n) is 11.7. The highest BCUT2D eigenvalue weighted by Crippen LogP contribution is 2.35. The molecule has 3 aromatic rings. The molecule has 13 nitrogen and oxygen atoms in total. The van der Waals surface area contributed by atoms with Crippen molar-refractivity contribution in [2.24, 2.45) is 23.3 Å². The maximum atomic E-state index is 13.8. The zero-order valence-electron chi connectivity index (χ0n) is 27.8. The van der Waals surface area contributed by atoms with E-state index in [2.05, 4.69) is 22.2 Å². The predicted octanol–water partition coefficient (Wildman–Crippen LogP) is 4.15. The summed E-state index contributed by atoms with van der Waals surface area (Å²) in [5.41, 5.74) is 13.2. The highest BCUT2D eigenvalue weighted by molar-refractivity contribution is 6.11. The third-order valence-corrected chi connectivity index (χ3v) is 8.24. The molecule has 0 bridgehead atoms. The van der Waals surface area contributed by atoms with Crippen LogP contribution in [0.25, 0.3) is 17.2 Å². The SMILES string of the molecule is C=Cc1cc(C(=O)Nc2ccc(C(=N)N)cc2)c(-c2ccc(C(=O)NCC3CC3)nc2C(=O)OCCOC(=O)[C@@H](N)C(C)CC)cc1OC. The summed E-state index contributed by atoms with van der Waals surface area (Å²) in [6.45, 7) is 7.51. The largest absolute Gasteiger partial charge is 0.496 e. The van der Waals surface area contributed by atoms with Gasteiger partial charge < -0.3 is 36.3 Å². The fourth-order valence-electron chi connectivity index (χ4n) is 4.81. The van der Waals surface area contributed by atoms with Crippen LogP contribution in [0.5, 0.6) is 5.75 Å². The van der Waals surface area contributed by atoms with E-state index in [1.54, 1.807) is 36.4 Å². The molecule has 4 rings (SSSR count). The standard InChI is InChI=1S/C36H42N6O7/c1-5-20(3)30(37)35(45)48-15-16-49-36(46)31-25(13-14-28(42-31)34(44)40-19-21-7-8-21)26-18-29(47-4)22(6-2)17-27(26)33(43)41-24-11-9-23(10-12-24)32(38)39/h6,9-14,17-18,20-21,30H,2,5,7-8,15-16,19,37H2,1,3-4H3,(H3,38,39)(H,40,44)(H,41,43)/t20?,30-/m0/s1. The van der Waals surface area contributed by atoms with Gasteiger partial charge in [-0.05, 0) is 73.2 Å². The van der Waals surface area contributed by atoms with Gasteiger partial charge in [0.1, 0.15) is 36.5 Å². The Morgan fingerprint density at radius 2 is 1.73 bits per heavy atom. The Morgan fingerprint density at radius 3 is 2.35 bits per heavy atom. The smallest absolute Gasteiger partial charge is 0.357 e. The number of amides is 2. The molecule has 7 N–H and O–H groups in total. The number of rotatable bonds is 16. The number of anilines is 1. The lowest BCUT2D eigenvalue weighted by Gasteiger charge is -2.18. The third kappa shape index (κ3) is 9.29. The summed E-state index contributed by atoms with van der Waals surface area (Å²) in [4.78, 5) is 57.1. The monoisotopic (exact) mass is 670 g/mol. The van der Waals surface area contributed by atoms with Crippen molar-refractivity contribution in [3.8, 4) is 16.9 Å². The van der Waals surface area contributed by atoms with Crippen molar-refractivity contribution in [1.82, 2.24) is 10.3 Å². The number of amidine groups is 1. The Balaban J connectivity index is 1.69. The molecule has 0 aliphatic heterocycles. The van der Waals surface area contributed by atoms with Gasteiger partial charge in [0.2, 0.25) is 0 Å². The van der Waals surface area contributed by atoms with Crippen molar-refractivity contribution < 1.29 is 33.4 Å². The molecular formula is C36H42N6O7. The number of nitrogens with zero attached hydrogens (tertiary/aromatic N) is 1. The fraction of sp³-hybridized carbons (Fsp3) is 0.333. The first-order valence-corrected chi connectivity index (χ1v) is 16.0. The molecule has 1 aliphatic carbocycles. The van der Waals surface area contributed by atoms with Crippen molar-refractivity contribution >= 4 is 41.4 Å². The van der Waals surface area contributed by atoms with Gasteiger partial charge in [0, 0.05) is 40.0 Å². The highest BCUT2D eigenvalue weighted by Gasteiger charge is 2.27. The van der Waals surface area contributed by atoms with Gasteiger partial charge in [0.15, 0.2) is 5.69 Å². The number of nitrogens with two attached hydrogens (primary N) is 2. The van der Waals surface area contributed by atoms with E-state index in [9.17, 15) is 19.2 Å². The topological polar surface area (TPSA) is 209 Å². The van der Waals surface area contributed by atoms with Crippen LogP contribution in [0.4, 0.5) is 5.69 Å².